The smallest absolute Gasteiger partial charge is 0.163 e. The van der Waals surface area contributed by atoms with Gasteiger partial charge in [-0.05, 0) is 25.1 Å². The maximum Gasteiger partial charge on any atom is 0.163 e. The van der Waals surface area contributed by atoms with E-state index in [0.29, 0.717) is 12.1 Å². The average molecular weight is 265 g/mol. The van der Waals surface area contributed by atoms with E-state index in [1.807, 2.05) is 6.07 Å². The van der Waals surface area contributed by atoms with Crippen LogP contribution in [0.25, 0.3) is 0 Å². The maximum atomic E-state index is 13.6. The molecule has 1 heterocycles. The van der Waals surface area contributed by atoms with E-state index in [9.17, 15) is 8.78 Å². The van der Waals surface area contributed by atoms with Crippen LogP contribution in [-0.4, -0.2) is 16.3 Å². The number of rotatable bonds is 6. The first-order chi connectivity index (χ1) is 9.22. The Kier molecular flexibility index (Phi) is 4.63. The van der Waals surface area contributed by atoms with Gasteiger partial charge in [0, 0.05) is 18.3 Å². The van der Waals surface area contributed by atoms with E-state index in [1.54, 1.807) is 16.9 Å². The van der Waals surface area contributed by atoms with Gasteiger partial charge in [-0.1, -0.05) is 19.1 Å². The number of nitrogens with zero attached hydrogens (tertiary/aromatic N) is 2. The molecule has 19 heavy (non-hydrogen) atoms. The lowest BCUT2D eigenvalue weighted by Gasteiger charge is -2.09. The van der Waals surface area contributed by atoms with Gasteiger partial charge in [0.2, 0.25) is 0 Å². The van der Waals surface area contributed by atoms with Crippen molar-refractivity contribution in [3.8, 4) is 0 Å². The number of benzene rings is 1. The van der Waals surface area contributed by atoms with E-state index in [1.165, 1.54) is 6.07 Å². The second kappa shape index (κ2) is 6.43. The first kappa shape index (κ1) is 13.7. The Bertz CT molecular complexity index is 537. The van der Waals surface area contributed by atoms with Crippen LogP contribution in [0.4, 0.5) is 8.78 Å². The Balaban J connectivity index is 2.11. The second-order valence-electron chi connectivity index (χ2n) is 4.37. The Morgan fingerprint density at radius 1 is 1.26 bits per heavy atom. The summed E-state index contributed by atoms with van der Waals surface area (Å²) in [6, 6.07) is 6.07. The highest BCUT2D eigenvalue weighted by atomic mass is 19.2. The van der Waals surface area contributed by atoms with Gasteiger partial charge >= 0.3 is 0 Å². The highest BCUT2D eigenvalue weighted by Gasteiger charge is 2.10. The topological polar surface area (TPSA) is 29.9 Å². The minimum absolute atomic E-state index is 0.236. The van der Waals surface area contributed by atoms with Crippen molar-refractivity contribution in [1.82, 2.24) is 15.1 Å². The van der Waals surface area contributed by atoms with Crippen LogP contribution >= 0.6 is 0 Å². The summed E-state index contributed by atoms with van der Waals surface area (Å²) < 4.78 is 28.4. The van der Waals surface area contributed by atoms with Crippen molar-refractivity contribution in [3.05, 3.63) is 53.4 Å². The second-order valence-corrected chi connectivity index (χ2v) is 4.37. The third kappa shape index (κ3) is 3.38. The molecule has 0 saturated carbocycles. The molecule has 2 aromatic rings. The quantitative estimate of drug-likeness (QED) is 0.814. The normalized spacial score (nSPS) is 10.9. The van der Waals surface area contributed by atoms with E-state index in [4.69, 9.17) is 0 Å². The van der Waals surface area contributed by atoms with Crippen molar-refractivity contribution in [2.75, 3.05) is 6.54 Å². The highest BCUT2D eigenvalue weighted by molar-refractivity contribution is 5.19. The fraction of sp³-hybridized carbons (Fsp3) is 0.357. The van der Waals surface area contributed by atoms with Crippen LogP contribution in [0, 0.1) is 11.6 Å². The summed E-state index contributed by atoms with van der Waals surface area (Å²) in [5, 5.41) is 7.41. The van der Waals surface area contributed by atoms with Gasteiger partial charge < -0.3 is 5.32 Å². The summed E-state index contributed by atoms with van der Waals surface area (Å²) >= 11 is 0. The molecule has 3 nitrogen and oxygen atoms in total. The molecule has 0 bridgehead atoms. The molecule has 0 unspecified atom stereocenters. The summed E-state index contributed by atoms with van der Waals surface area (Å²) in [5.41, 5.74) is 1.26. The SMILES string of the molecule is CCCNCc1ccnn1Cc1cccc(F)c1F. The van der Waals surface area contributed by atoms with Gasteiger partial charge in [-0.25, -0.2) is 8.78 Å². The average Bonchev–Trinajstić information content (AvgIpc) is 2.83. The molecular weight excluding hydrogens is 248 g/mol. The van der Waals surface area contributed by atoms with E-state index in [0.717, 1.165) is 24.7 Å². The summed E-state index contributed by atoms with van der Waals surface area (Å²) in [4.78, 5) is 0. The van der Waals surface area contributed by atoms with E-state index < -0.39 is 11.6 Å². The first-order valence-electron chi connectivity index (χ1n) is 6.36. The van der Waals surface area contributed by atoms with E-state index >= 15 is 0 Å². The zero-order valence-corrected chi connectivity index (χ0v) is 10.9. The minimum Gasteiger partial charge on any atom is -0.311 e. The lowest BCUT2D eigenvalue weighted by molar-refractivity contribution is 0.488. The van der Waals surface area contributed by atoms with Crippen molar-refractivity contribution in [2.24, 2.45) is 0 Å². The summed E-state index contributed by atoms with van der Waals surface area (Å²) in [6.07, 6.45) is 2.72. The van der Waals surface area contributed by atoms with Gasteiger partial charge in [-0.3, -0.25) is 4.68 Å². The lowest BCUT2D eigenvalue weighted by atomic mass is 10.2. The van der Waals surface area contributed by atoms with E-state index in [-0.39, 0.29) is 6.54 Å². The molecule has 102 valence electrons. The Morgan fingerprint density at radius 2 is 2.11 bits per heavy atom. The van der Waals surface area contributed by atoms with Crippen LogP contribution in [-0.2, 0) is 13.1 Å². The van der Waals surface area contributed by atoms with Crippen LogP contribution in [0.1, 0.15) is 24.6 Å². The zero-order valence-electron chi connectivity index (χ0n) is 10.9. The molecule has 0 atom stereocenters. The van der Waals surface area contributed by atoms with Crippen LogP contribution < -0.4 is 5.32 Å². The van der Waals surface area contributed by atoms with Gasteiger partial charge in [0.05, 0.1) is 12.2 Å². The summed E-state index contributed by atoms with van der Waals surface area (Å²) in [7, 11) is 0. The largest absolute Gasteiger partial charge is 0.311 e. The van der Waals surface area contributed by atoms with Gasteiger partial charge in [-0.15, -0.1) is 0 Å². The van der Waals surface area contributed by atoms with E-state index in [2.05, 4.69) is 17.3 Å². The molecule has 0 fully saturated rings. The Morgan fingerprint density at radius 3 is 2.89 bits per heavy atom. The van der Waals surface area contributed by atoms with Crippen LogP contribution in [0.5, 0.6) is 0 Å². The van der Waals surface area contributed by atoms with Crippen LogP contribution in [0.3, 0.4) is 0 Å². The first-order valence-corrected chi connectivity index (χ1v) is 6.36. The van der Waals surface area contributed by atoms with Crippen LogP contribution in [0.15, 0.2) is 30.5 Å². The Hall–Kier alpha value is -1.75. The van der Waals surface area contributed by atoms with Crippen molar-refractivity contribution in [2.45, 2.75) is 26.4 Å². The summed E-state index contributed by atoms with van der Waals surface area (Å²) in [5.74, 6) is -1.62. The summed E-state index contributed by atoms with van der Waals surface area (Å²) in [6.45, 7) is 3.91. The molecule has 0 radical (unpaired) electrons. The molecule has 0 aliphatic carbocycles. The monoisotopic (exact) mass is 265 g/mol. The van der Waals surface area contributed by atoms with Crippen molar-refractivity contribution >= 4 is 0 Å². The molecule has 0 aliphatic rings. The number of halogens is 2. The van der Waals surface area contributed by atoms with Gasteiger partial charge in [0.1, 0.15) is 0 Å². The molecule has 0 amide bonds. The molecule has 0 spiro atoms. The zero-order chi connectivity index (χ0) is 13.7. The standard InChI is InChI=1S/C14H17F2N3/c1-2-7-17-9-12-6-8-18-19(12)10-11-4-3-5-13(15)14(11)16/h3-6,8,17H,2,7,9-10H2,1H3. The van der Waals surface area contributed by atoms with Crippen molar-refractivity contribution in [1.29, 1.82) is 0 Å². The van der Waals surface area contributed by atoms with Crippen LogP contribution in [0.2, 0.25) is 0 Å². The van der Waals surface area contributed by atoms with Gasteiger partial charge in [0.15, 0.2) is 11.6 Å². The third-order valence-corrected chi connectivity index (χ3v) is 2.89. The third-order valence-electron chi connectivity index (χ3n) is 2.89. The predicted molar refractivity (Wildman–Crippen MR) is 69.7 cm³/mol. The van der Waals surface area contributed by atoms with Crippen molar-refractivity contribution in [3.63, 3.8) is 0 Å². The molecule has 1 N–H and O–H groups in total. The Labute approximate surface area is 111 Å². The molecule has 5 heteroatoms. The molecule has 2 rings (SSSR count). The fourth-order valence-electron chi connectivity index (χ4n) is 1.88. The molecule has 0 aliphatic heterocycles. The number of aromatic nitrogens is 2. The van der Waals surface area contributed by atoms with Gasteiger partial charge in [0.25, 0.3) is 0 Å². The molecular formula is C14H17F2N3. The number of nitrogens with one attached hydrogen (secondary N) is 1. The fourth-order valence-corrected chi connectivity index (χ4v) is 1.88. The highest BCUT2D eigenvalue weighted by Crippen LogP contribution is 2.13. The van der Waals surface area contributed by atoms with Gasteiger partial charge in [-0.2, -0.15) is 5.10 Å². The van der Waals surface area contributed by atoms with Crippen molar-refractivity contribution < 1.29 is 8.78 Å². The number of hydrogen-bond donors (Lipinski definition) is 1. The number of hydrogen-bond acceptors (Lipinski definition) is 2. The maximum absolute atomic E-state index is 13.6. The minimum atomic E-state index is -0.824. The lowest BCUT2D eigenvalue weighted by Crippen LogP contribution is -2.18. The molecule has 1 aromatic heterocycles. The predicted octanol–water partition coefficient (Wildman–Crippen LogP) is 2.71. The molecule has 0 saturated heterocycles. The molecule has 1 aromatic carbocycles.